The molecule has 1 atom stereocenters. The predicted molar refractivity (Wildman–Crippen MR) is 84.8 cm³/mol. The number of nitrogens with zero attached hydrogens (tertiary/aromatic N) is 2. The van der Waals surface area contributed by atoms with E-state index in [9.17, 15) is 4.79 Å². The molecule has 1 N–H and O–H groups in total. The summed E-state index contributed by atoms with van der Waals surface area (Å²) in [6, 6.07) is 0.347. The molecule has 21 heavy (non-hydrogen) atoms. The lowest BCUT2D eigenvalue weighted by Gasteiger charge is -2.32. The molecule has 1 fully saturated rings. The molecule has 1 aliphatic heterocycles. The smallest absolute Gasteiger partial charge is 0.226 e. The van der Waals surface area contributed by atoms with Gasteiger partial charge in [0.25, 0.3) is 0 Å². The first-order chi connectivity index (χ1) is 10.1. The Bertz CT molecular complexity index is 456. The zero-order chi connectivity index (χ0) is 15.2. The van der Waals surface area contributed by atoms with Gasteiger partial charge in [-0.2, -0.15) is 0 Å². The first-order valence-electron chi connectivity index (χ1n) is 7.59. The number of aromatic nitrogens is 1. The average Bonchev–Trinajstić information content (AvgIpc) is 2.94. The molecule has 118 valence electrons. The van der Waals surface area contributed by atoms with E-state index >= 15 is 0 Å². The largest absolute Gasteiger partial charge is 0.379 e. The number of hydrogen-bond acceptors (Lipinski definition) is 5. The van der Waals surface area contributed by atoms with Gasteiger partial charge in [0.05, 0.1) is 30.3 Å². The van der Waals surface area contributed by atoms with Crippen molar-refractivity contribution in [1.82, 2.24) is 15.2 Å². The minimum Gasteiger partial charge on any atom is -0.379 e. The molecule has 1 amide bonds. The number of morpholine rings is 1. The van der Waals surface area contributed by atoms with Gasteiger partial charge < -0.3 is 10.1 Å². The summed E-state index contributed by atoms with van der Waals surface area (Å²) in [5, 5.41) is 6.09. The molecule has 6 heteroatoms. The Kier molecular flexibility index (Phi) is 6.14. The molecule has 1 aromatic heterocycles. The Morgan fingerprint density at radius 2 is 2.14 bits per heavy atom. The van der Waals surface area contributed by atoms with Crippen LogP contribution in [0.4, 0.5) is 0 Å². The van der Waals surface area contributed by atoms with Crippen molar-refractivity contribution >= 4 is 17.2 Å². The van der Waals surface area contributed by atoms with Crippen molar-refractivity contribution in [3.05, 3.63) is 16.1 Å². The molecule has 1 aliphatic rings. The monoisotopic (exact) mass is 311 g/mol. The van der Waals surface area contributed by atoms with Crippen molar-refractivity contribution in [2.24, 2.45) is 0 Å². The third kappa shape index (κ3) is 5.05. The lowest BCUT2D eigenvalue weighted by Crippen LogP contribution is -2.47. The van der Waals surface area contributed by atoms with Crippen LogP contribution >= 0.6 is 11.3 Å². The number of carbonyl (C=O) groups excluding carboxylic acids is 1. The molecule has 0 unspecified atom stereocenters. The van der Waals surface area contributed by atoms with Crippen LogP contribution in [0.5, 0.6) is 0 Å². The first-order valence-corrected chi connectivity index (χ1v) is 8.47. The third-order valence-corrected chi connectivity index (χ3v) is 4.86. The zero-order valence-corrected chi connectivity index (χ0v) is 13.9. The summed E-state index contributed by atoms with van der Waals surface area (Å²) in [5.74, 6) is 0.476. The van der Waals surface area contributed by atoms with Gasteiger partial charge in [-0.05, 0) is 6.92 Å². The number of ether oxygens (including phenoxy) is 1. The highest BCUT2D eigenvalue weighted by Gasteiger charge is 2.17. The number of rotatable bonds is 6. The summed E-state index contributed by atoms with van der Waals surface area (Å²) < 4.78 is 5.34. The van der Waals surface area contributed by atoms with Gasteiger partial charge in [-0.1, -0.05) is 13.8 Å². The van der Waals surface area contributed by atoms with Gasteiger partial charge in [0, 0.05) is 37.0 Å². The number of amides is 1. The van der Waals surface area contributed by atoms with Crippen molar-refractivity contribution in [2.75, 3.05) is 32.8 Å². The topological polar surface area (TPSA) is 54.5 Å². The molecule has 0 saturated carbocycles. The summed E-state index contributed by atoms with van der Waals surface area (Å²) in [6.07, 6.45) is 0.374. The van der Waals surface area contributed by atoms with Crippen LogP contribution in [0.25, 0.3) is 0 Å². The van der Waals surface area contributed by atoms with Gasteiger partial charge in [0.1, 0.15) is 0 Å². The maximum absolute atomic E-state index is 12.0. The van der Waals surface area contributed by atoms with E-state index in [0.717, 1.165) is 37.0 Å². The van der Waals surface area contributed by atoms with Crippen LogP contribution in [0.2, 0.25) is 0 Å². The standard InChI is InChI=1S/C15H25N3O2S/c1-11(2)15-17-13(10-21-15)8-14(19)16-9-12(3)18-4-6-20-7-5-18/h10-12H,4-9H2,1-3H3,(H,16,19)/t12-/m0/s1. The summed E-state index contributed by atoms with van der Waals surface area (Å²) in [5.41, 5.74) is 0.875. The highest BCUT2D eigenvalue weighted by molar-refractivity contribution is 7.09. The SMILES string of the molecule is CC(C)c1nc(CC(=O)NC[C@H](C)N2CCOCC2)cs1. The Hall–Kier alpha value is -0.980. The van der Waals surface area contributed by atoms with Crippen LogP contribution in [-0.2, 0) is 16.0 Å². The van der Waals surface area contributed by atoms with Crippen LogP contribution < -0.4 is 5.32 Å². The van der Waals surface area contributed by atoms with E-state index in [1.54, 1.807) is 11.3 Å². The van der Waals surface area contributed by atoms with Crippen molar-refractivity contribution < 1.29 is 9.53 Å². The summed E-state index contributed by atoms with van der Waals surface area (Å²) in [4.78, 5) is 18.8. The Balaban J connectivity index is 1.73. The highest BCUT2D eigenvalue weighted by atomic mass is 32.1. The van der Waals surface area contributed by atoms with E-state index in [2.05, 4.69) is 36.0 Å². The van der Waals surface area contributed by atoms with Gasteiger partial charge in [-0.15, -0.1) is 11.3 Å². The summed E-state index contributed by atoms with van der Waals surface area (Å²) >= 11 is 1.63. The minimum atomic E-state index is 0.0516. The Morgan fingerprint density at radius 3 is 2.76 bits per heavy atom. The van der Waals surface area contributed by atoms with Crippen LogP contribution in [0, 0.1) is 0 Å². The van der Waals surface area contributed by atoms with E-state index in [0.29, 0.717) is 24.9 Å². The molecule has 2 rings (SSSR count). The third-order valence-electron chi connectivity index (χ3n) is 3.67. The Morgan fingerprint density at radius 1 is 1.43 bits per heavy atom. The van der Waals surface area contributed by atoms with Crippen molar-refractivity contribution in [3.63, 3.8) is 0 Å². The van der Waals surface area contributed by atoms with Crippen molar-refractivity contribution in [1.29, 1.82) is 0 Å². The molecule has 1 aromatic rings. The van der Waals surface area contributed by atoms with E-state index < -0.39 is 0 Å². The maximum Gasteiger partial charge on any atom is 0.226 e. The van der Waals surface area contributed by atoms with Gasteiger partial charge in [0.15, 0.2) is 0 Å². The first kappa shape index (κ1) is 16.4. The molecular formula is C15H25N3O2S. The predicted octanol–water partition coefficient (Wildman–Crippen LogP) is 1.65. The fraction of sp³-hybridized carbons (Fsp3) is 0.733. The summed E-state index contributed by atoms with van der Waals surface area (Å²) in [6.45, 7) is 10.5. The fourth-order valence-electron chi connectivity index (χ4n) is 2.30. The number of thiazole rings is 1. The number of nitrogens with one attached hydrogen (secondary N) is 1. The molecule has 0 aliphatic carbocycles. The molecule has 0 bridgehead atoms. The fourth-order valence-corrected chi connectivity index (χ4v) is 3.14. The molecule has 0 radical (unpaired) electrons. The van der Waals surface area contributed by atoms with Crippen LogP contribution in [0.3, 0.4) is 0 Å². The van der Waals surface area contributed by atoms with Crippen LogP contribution in [0.15, 0.2) is 5.38 Å². The normalized spacial score (nSPS) is 17.9. The second kappa shape index (κ2) is 7.87. The van der Waals surface area contributed by atoms with Gasteiger partial charge in [0.2, 0.25) is 5.91 Å². The molecule has 5 nitrogen and oxygen atoms in total. The molecular weight excluding hydrogens is 286 g/mol. The van der Waals surface area contributed by atoms with E-state index in [-0.39, 0.29) is 5.91 Å². The average molecular weight is 311 g/mol. The second-order valence-corrected chi connectivity index (χ2v) is 6.70. The lowest BCUT2D eigenvalue weighted by atomic mass is 10.2. The Labute approximate surface area is 130 Å². The molecule has 0 spiro atoms. The van der Waals surface area contributed by atoms with Crippen LogP contribution in [-0.4, -0.2) is 54.7 Å². The van der Waals surface area contributed by atoms with Gasteiger partial charge in [-0.3, -0.25) is 9.69 Å². The van der Waals surface area contributed by atoms with Crippen LogP contribution in [0.1, 0.15) is 37.4 Å². The zero-order valence-electron chi connectivity index (χ0n) is 13.1. The van der Waals surface area contributed by atoms with Crippen molar-refractivity contribution in [3.8, 4) is 0 Å². The molecule has 1 saturated heterocycles. The number of carbonyl (C=O) groups is 1. The van der Waals surface area contributed by atoms with Gasteiger partial charge in [-0.25, -0.2) is 4.98 Å². The minimum absolute atomic E-state index is 0.0516. The lowest BCUT2D eigenvalue weighted by molar-refractivity contribution is -0.120. The van der Waals surface area contributed by atoms with E-state index in [1.807, 2.05) is 5.38 Å². The summed E-state index contributed by atoms with van der Waals surface area (Å²) in [7, 11) is 0. The van der Waals surface area contributed by atoms with E-state index in [4.69, 9.17) is 4.74 Å². The van der Waals surface area contributed by atoms with Gasteiger partial charge >= 0.3 is 0 Å². The van der Waals surface area contributed by atoms with Crippen molar-refractivity contribution in [2.45, 2.75) is 39.2 Å². The maximum atomic E-state index is 12.0. The highest BCUT2D eigenvalue weighted by Crippen LogP contribution is 2.19. The second-order valence-electron chi connectivity index (χ2n) is 5.81. The molecule has 2 heterocycles. The quantitative estimate of drug-likeness (QED) is 0.868. The number of hydrogen-bond donors (Lipinski definition) is 1. The molecule has 0 aromatic carbocycles. The van der Waals surface area contributed by atoms with E-state index in [1.165, 1.54) is 0 Å².